The van der Waals surface area contributed by atoms with Gasteiger partial charge in [0.25, 0.3) is 0 Å². The number of nitrogens with zero attached hydrogens (tertiary/aromatic N) is 2. The van der Waals surface area contributed by atoms with Crippen LogP contribution in [0.15, 0.2) is 12.3 Å². The van der Waals surface area contributed by atoms with E-state index in [1.807, 2.05) is 17.8 Å². The molecule has 1 rings (SSSR count). The summed E-state index contributed by atoms with van der Waals surface area (Å²) >= 11 is 5.52. The van der Waals surface area contributed by atoms with Crippen molar-refractivity contribution in [2.45, 2.75) is 6.42 Å². The van der Waals surface area contributed by atoms with E-state index in [1.165, 1.54) is 5.69 Å². The van der Waals surface area contributed by atoms with Crippen molar-refractivity contribution in [2.75, 3.05) is 5.88 Å². The Balaban J connectivity index is 0.000000810. The smallest absolute Gasteiger partial charge is 0.0492 e. The van der Waals surface area contributed by atoms with Crippen LogP contribution in [0.5, 0.6) is 0 Å². The van der Waals surface area contributed by atoms with Gasteiger partial charge in [-0.1, -0.05) is 0 Å². The van der Waals surface area contributed by atoms with Gasteiger partial charge in [0.05, 0.1) is 0 Å². The third-order valence-corrected chi connectivity index (χ3v) is 1.46. The van der Waals surface area contributed by atoms with Gasteiger partial charge in [0, 0.05) is 31.2 Å². The third-order valence-electron chi connectivity index (χ3n) is 1.27. The summed E-state index contributed by atoms with van der Waals surface area (Å²) in [6, 6.07) is 1.97. The number of hydrogen-bond acceptors (Lipinski definition) is 1. The van der Waals surface area contributed by atoms with E-state index in [-0.39, 0.29) is 12.4 Å². The van der Waals surface area contributed by atoms with Gasteiger partial charge in [0.15, 0.2) is 0 Å². The Morgan fingerprint density at radius 1 is 1.70 bits per heavy atom. The number of aromatic nitrogens is 2. The largest absolute Gasteiger partial charge is 0.273 e. The minimum absolute atomic E-state index is 0. The van der Waals surface area contributed by atoms with Gasteiger partial charge >= 0.3 is 0 Å². The summed E-state index contributed by atoms with van der Waals surface area (Å²) < 4.78 is 1.84. The first-order chi connectivity index (χ1) is 4.34. The standard InChI is InChI=1S/C6H9ClN2.ClH/c1-9-6(2-4-7)3-5-8-9;/h3,5H,2,4H2,1H3;1H. The molecule has 0 saturated carbocycles. The lowest BCUT2D eigenvalue weighted by atomic mass is 10.3. The van der Waals surface area contributed by atoms with E-state index in [2.05, 4.69) is 5.10 Å². The highest BCUT2D eigenvalue weighted by atomic mass is 35.5. The molecular weight excluding hydrogens is 171 g/mol. The summed E-state index contributed by atoms with van der Waals surface area (Å²) in [5.41, 5.74) is 1.19. The molecule has 0 bridgehead atoms. The average molecular weight is 181 g/mol. The number of aryl methyl sites for hydroxylation is 2. The number of alkyl halides is 1. The molecule has 0 aliphatic carbocycles. The van der Waals surface area contributed by atoms with Gasteiger partial charge in [0.1, 0.15) is 0 Å². The Morgan fingerprint density at radius 3 is 2.80 bits per heavy atom. The zero-order valence-electron chi connectivity index (χ0n) is 5.75. The van der Waals surface area contributed by atoms with Crippen molar-refractivity contribution in [3.05, 3.63) is 18.0 Å². The van der Waals surface area contributed by atoms with E-state index in [0.29, 0.717) is 5.88 Å². The minimum atomic E-state index is 0. The molecule has 1 aromatic rings. The van der Waals surface area contributed by atoms with Crippen LogP contribution in [0.3, 0.4) is 0 Å². The molecule has 0 N–H and O–H groups in total. The van der Waals surface area contributed by atoms with Crippen LogP contribution in [-0.4, -0.2) is 15.7 Å². The highest BCUT2D eigenvalue weighted by Gasteiger charge is 1.94. The van der Waals surface area contributed by atoms with Crippen molar-refractivity contribution in [3.8, 4) is 0 Å². The van der Waals surface area contributed by atoms with Gasteiger partial charge in [-0.05, 0) is 6.07 Å². The molecule has 58 valence electrons. The third kappa shape index (κ3) is 2.20. The molecule has 0 aliphatic heterocycles. The van der Waals surface area contributed by atoms with Crippen LogP contribution in [0.2, 0.25) is 0 Å². The van der Waals surface area contributed by atoms with Gasteiger partial charge in [-0.3, -0.25) is 4.68 Å². The average Bonchev–Trinajstić information content (AvgIpc) is 2.18. The van der Waals surface area contributed by atoms with E-state index in [1.54, 1.807) is 6.20 Å². The fourth-order valence-electron chi connectivity index (χ4n) is 0.743. The number of halogens is 2. The summed E-state index contributed by atoms with van der Waals surface area (Å²) in [6.45, 7) is 0. The summed E-state index contributed by atoms with van der Waals surface area (Å²) in [4.78, 5) is 0. The lowest BCUT2D eigenvalue weighted by Gasteiger charge is -1.95. The molecule has 0 saturated heterocycles. The summed E-state index contributed by atoms with van der Waals surface area (Å²) in [5.74, 6) is 0.666. The summed E-state index contributed by atoms with van der Waals surface area (Å²) in [5, 5.41) is 3.99. The fraction of sp³-hybridized carbons (Fsp3) is 0.500. The Morgan fingerprint density at radius 2 is 2.40 bits per heavy atom. The first-order valence-electron chi connectivity index (χ1n) is 2.87. The maximum absolute atomic E-state index is 5.52. The molecule has 0 aliphatic rings. The molecule has 2 nitrogen and oxygen atoms in total. The molecule has 1 aromatic heterocycles. The van der Waals surface area contributed by atoms with Gasteiger partial charge < -0.3 is 0 Å². The van der Waals surface area contributed by atoms with Crippen molar-refractivity contribution in [1.82, 2.24) is 9.78 Å². The second-order valence-electron chi connectivity index (χ2n) is 1.89. The molecule has 0 amide bonds. The van der Waals surface area contributed by atoms with Crippen LogP contribution in [0, 0.1) is 0 Å². The maximum atomic E-state index is 5.52. The van der Waals surface area contributed by atoms with Crippen LogP contribution >= 0.6 is 24.0 Å². The predicted molar refractivity (Wildman–Crippen MR) is 44.9 cm³/mol. The van der Waals surface area contributed by atoms with E-state index >= 15 is 0 Å². The molecule has 4 heteroatoms. The van der Waals surface area contributed by atoms with Gasteiger partial charge in [-0.25, -0.2) is 0 Å². The van der Waals surface area contributed by atoms with Gasteiger partial charge in [-0.15, -0.1) is 24.0 Å². The second kappa shape index (κ2) is 4.58. The maximum Gasteiger partial charge on any atom is 0.0492 e. The summed E-state index contributed by atoms with van der Waals surface area (Å²) in [7, 11) is 1.92. The zero-order valence-corrected chi connectivity index (χ0v) is 7.32. The zero-order chi connectivity index (χ0) is 6.69. The molecule has 1 heterocycles. The molecule has 0 radical (unpaired) electrons. The van der Waals surface area contributed by atoms with Gasteiger partial charge in [0.2, 0.25) is 0 Å². The van der Waals surface area contributed by atoms with E-state index in [4.69, 9.17) is 11.6 Å². The van der Waals surface area contributed by atoms with Crippen LogP contribution in [0.25, 0.3) is 0 Å². The predicted octanol–water partition coefficient (Wildman–Crippen LogP) is 1.62. The lowest BCUT2D eigenvalue weighted by Crippen LogP contribution is -1.97. The topological polar surface area (TPSA) is 17.8 Å². The van der Waals surface area contributed by atoms with Crippen molar-refractivity contribution < 1.29 is 0 Å². The first-order valence-corrected chi connectivity index (χ1v) is 3.41. The SMILES string of the molecule is Cl.Cn1nccc1CCCl. The van der Waals surface area contributed by atoms with Crippen LogP contribution in [0.1, 0.15) is 5.69 Å². The molecule has 0 fully saturated rings. The monoisotopic (exact) mass is 180 g/mol. The molecular formula is C6H10Cl2N2. The van der Waals surface area contributed by atoms with Crippen LogP contribution in [-0.2, 0) is 13.5 Å². The van der Waals surface area contributed by atoms with Crippen molar-refractivity contribution in [1.29, 1.82) is 0 Å². The normalized spacial score (nSPS) is 9.00. The highest BCUT2D eigenvalue weighted by Crippen LogP contribution is 1.97. The van der Waals surface area contributed by atoms with E-state index in [0.717, 1.165) is 6.42 Å². The minimum Gasteiger partial charge on any atom is -0.273 e. The Hall–Kier alpha value is -0.210. The van der Waals surface area contributed by atoms with E-state index in [9.17, 15) is 0 Å². The number of hydrogen-bond donors (Lipinski definition) is 0. The summed E-state index contributed by atoms with van der Waals surface area (Å²) in [6.07, 6.45) is 2.68. The first kappa shape index (κ1) is 9.79. The molecule has 0 atom stereocenters. The van der Waals surface area contributed by atoms with Crippen molar-refractivity contribution >= 4 is 24.0 Å². The van der Waals surface area contributed by atoms with Crippen LogP contribution in [0.4, 0.5) is 0 Å². The Bertz CT molecular complexity index is 186. The van der Waals surface area contributed by atoms with Crippen molar-refractivity contribution in [2.24, 2.45) is 7.05 Å². The molecule has 0 aromatic carbocycles. The highest BCUT2D eigenvalue weighted by molar-refractivity contribution is 6.17. The number of rotatable bonds is 2. The van der Waals surface area contributed by atoms with Crippen molar-refractivity contribution in [3.63, 3.8) is 0 Å². The van der Waals surface area contributed by atoms with Gasteiger partial charge in [-0.2, -0.15) is 5.10 Å². The molecule has 0 spiro atoms. The second-order valence-corrected chi connectivity index (χ2v) is 2.26. The molecule has 0 unspecified atom stereocenters. The fourth-order valence-corrected chi connectivity index (χ4v) is 0.937. The molecule has 10 heavy (non-hydrogen) atoms. The van der Waals surface area contributed by atoms with Crippen LogP contribution < -0.4 is 0 Å². The Labute approximate surface area is 71.6 Å². The lowest BCUT2D eigenvalue weighted by molar-refractivity contribution is 0.719. The Kier molecular flexibility index (Phi) is 4.49. The quantitative estimate of drug-likeness (QED) is 0.634. The van der Waals surface area contributed by atoms with E-state index < -0.39 is 0 Å².